The van der Waals surface area contributed by atoms with E-state index >= 15 is 0 Å². The van der Waals surface area contributed by atoms with E-state index in [4.69, 9.17) is 16.6 Å². The van der Waals surface area contributed by atoms with Crippen molar-refractivity contribution in [3.63, 3.8) is 0 Å². The highest BCUT2D eigenvalue weighted by molar-refractivity contribution is 6.30. The molecule has 2 aromatic rings. The van der Waals surface area contributed by atoms with Crippen LogP contribution >= 0.6 is 11.6 Å². The van der Waals surface area contributed by atoms with Crippen LogP contribution in [0.2, 0.25) is 5.02 Å². The highest BCUT2D eigenvalue weighted by Gasteiger charge is 2.34. The van der Waals surface area contributed by atoms with Crippen LogP contribution in [0.5, 0.6) is 0 Å². The molecule has 0 radical (unpaired) electrons. The average Bonchev–Trinajstić information content (AvgIpc) is 3.51. The van der Waals surface area contributed by atoms with Gasteiger partial charge in [0.1, 0.15) is 0 Å². The standard InChI is InChI=1S/C24H27ClN2O/c1-4-20(26-21-11-10-17(25)12-14(21)2)22-13-15(3)23-18(16-8-9-16)6-5-7-19(23)24(28)27-22/h5-7,10-12,15-16,22H,4,8-9,13H2,1-3H3,(H,27,28). The van der Waals surface area contributed by atoms with Gasteiger partial charge in [-0.15, -0.1) is 0 Å². The van der Waals surface area contributed by atoms with E-state index in [0.717, 1.165) is 35.4 Å². The van der Waals surface area contributed by atoms with Gasteiger partial charge in [-0.1, -0.05) is 37.6 Å². The summed E-state index contributed by atoms with van der Waals surface area (Å²) < 4.78 is 0. The van der Waals surface area contributed by atoms with Gasteiger partial charge in [0.25, 0.3) is 5.91 Å². The summed E-state index contributed by atoms with van der Waals surface area (Å²) in [5.41, 5.74) is 6.46. The Bertz CT molecular complexity index is 946. The summed E-state index contributed by atoms with van der Waals surface area (Å²) in [6.07, 6.45) is 4.16. The molecule has 0 aromatic heterocycles. The topological polar surface area (TPSA) is 41.5 Å². The number of aliphatic imine (C=N–C) groups is 1. The number of rotatable bonds is 4. The van der Waals surface area contributed by atoms with Crippen molar-refractivity contribution in [3.8, 4) is 0 Å². The molecule has 0 saturated heterocycles. The Kier molecular flexibility index (Phi) is 5.29. The molecule has 2 aromatic carbocycles. The first-order chi connectivity index (χ1) is 13.5. The van der Waals surface area contributed by atoms with Crippen molar-refractivity contribution in [2.24, 2.45) is 4.99 Å². The maximum absolute atomic E-state index is 13.1. The molecule has 1 heterocycles. The van der Waals surface area contributed by atoms with Gasteiger partial charge in [0.15, 0.2) is 0 Å². The Morgan fingerprint density at radius 1 is 1.25 bits per heavy atom. The van der Waals surface area contributed by atoms with E-state index in [9.17, 15) is 4.79 Å². The highest BCUT2D eigenvalue weighted by atomic mass is 35.5. The van der Waals surface area contributed by atoms with E-state index in [-0.39, 0.29) is 11.9 Å². The molecule has 1 fully saturated rings. The van der Waals surface area contributed by atoms with Crippen LogP contribution in [0.4, 0.5) is 5.69 Å². The van der Waals surface area contributed by atoms with Crippen LogP contribution in [0.15, 0.2) is 41.4 Å². The molecule has 1 amide bonds. The van der Waals surface area contributed by atoms with E-state index in [1.165, 1.54) is 24.0 Å². The molecule has 0 bridgehead atoms. The fraction of sp³-hybridized carbons (Fsp3) is 0.417. The summed E-state index contributed by atoms with van der Waals surface area (Å²) in [6, 6.07) is 11.9. The van der Waals surface area contributed by atoms with E-state index < -0.39 is 0 Å². The van der Waals surface area contributed by atoms with E-state index in [0.29, 0.717) is 16.9 Å². The second-order valence-electron chi connectivity index (χ2n) is 8.13. The molecule has 4 heteroatoms. The third-order valence-electron chi connectivity index (χ3n) is 5.98. The van der Waals surface area contributed by atoms with Crippen LogP contribution in [-0.2, 0) is 0 Å². The molecule has 0 spiro atoms. The van der Waals surface area contributed by atoms with Crippen molar-refractivity contribution in [1.82, 2.24) is 5.32 Å². The van der Waals surface area contributed by atoms with Gasteiger partial charge in [-0.05, 0) is 85.4 Å². The minimum atomic E-state index is -0.0537. The lowest BCUT2D eigenvalue weighted by molar-refractivity contribution is 0.0948. The summed E-state index contributed by atoms with van der Waals surface area (Å²) >= 11 is 6.09. The number of fused-ring (bicyclic) bond motifs is 1. The van der Waals surface area contributed by atoms with Crippen molar-refractivity contribution in [3.05, 3.63) is 63.7 Å². The zero-order valence-corrected chi connectivity index (χ0v) is 17.5. The maximum atomic E-state index is 13.1. The van der Waals surface area contributed by atoms with Crippen LogP contribution in [-0.4, -0.2) is 17.7 Å². The van der Waals surface area contributed by atoms with Crippen molar-refractivity contribution in [2.75, 3.05) is 0 Å². The Labute approximate surface area is 172 Å². The molecule has 3 nitrogen and oxygen atoms in total. The quantitative estimate of drug-likeness (QED) is 0.606. The second kappa shape index (κ2) is 7.71. The molecule has 146 valence electrons. The fourth-order valence-electron chi connectivity index (χ4n) is 4.37. The first-order valence-corrected chi connectivity index (χ1v) is 10.6. The minimum Gasteiger partial charge on any atom is -0.344 e. The number of halogens is 1. The molecule has 2 unspecified atom stereocenters. The van der Waals surface area contributed by atoms with E-state index in [1.807, 2.05) is 37.3 Å². The number of nitrogens with one attached hydrogen (secondary N) is 1. The predicted octanol–water partition coefficient (Wildman–Crippen LogP) is 6.31. The molecule has 1 N–H and O–H groups in total. The van der Waals surface area contributed by atoms with E-state index in [1.54, 1.807) is 0 Å². The minimum absolute atomic E-state index is 0.0285. The summed E-state index contributed by atoms with van der Waals surface area (Å²) in [5, 5.41) is 3.97. The summed E-state index contributed by atoms with van der Waals surface area (Å²) in [7, 11) is 0. The summed E-state index contributed by atoms with van der Waals surface area (Å²) in [5.74, 6) is 0.984. The fourth-order valence-corrected chi connectivity index (χ4v) is 4.60. The Hall–Kier alpha value is -2.13. The molecular formula is C24H27ClN2O. The zero-order valence-electron chi connectivity index (χ0n) is 16.8. The van der Waals surface area contributed by atoms with Gasteiger partial charge in [0.05, 0.1) is 11.7 Å². The molecule has 2 aliphatic rings. The average molecular weight is 395 g/mol. The third kappa shape index (κ3) is 3.73. The smallest absolute Gasteiger partial charge is 0.252 e. The van der Waals surface area contributed by atoms with Gasteiger partial charge in [-0.25, -0.2) is 0 Å². The predicted molar refractivity (Wildman–Crippen MR) is 116 cm³/mol. The van der Waals surface area contributed by atoms with Crippen LogP contribution in [0.3, 0.4) is 0 Å². The van der Waals surface area contributed by atoms with E-state index in [2.05, 4.69) is 25.2 Å². The van der Waals surface area contributed by atoms with Crippen LogP contribution in [0.25, 0.3) is 0 Å². The lowest BCUT2D eigenvalue weighted by atomic mass is 9.86. The third-order valence-corrected chi connectivity index (χ3v) is 6.21. The van der Waals surface area contributed by atoms with Gasteiger partial charge >= 0.3 is 0 Å². The summed E-state index contributed by atoms with van der Waals surface area (Å²) in [4.78, 5) is 18.0. The van der Waals surface area contributed by atoms with Crippen LogP contribution < -0.4 is 5.32 Å². The number of hydrogen-bond acceptors (Lipinski definition) is 2. The molecule has 4 rings (SSSR count). The van der Waals surface area contributed by atoms with Gasteiger partial charge in [-0.3, -0.25) is 9.79 Å². The van der Waals surface area contributed by atoms with Crippen LogP contribution in [0, 0.1) is 6.92 Å². The number of benzene rings is 2. The Morgan fingerprint density at radius 2 is 2.04 bits per heavy atom. The maximum Gasteiger partial charge on any atom is 0.252 e. The highest BCUT2D eigenvalue weighted by Crippen LogP contribution is 2.45. The van der Waals surface area contributed by atoms with Crippen molar-refractivity contribution in [1.29, 1.82) is 0 Å². The molecule has 28 heavy (non-hydrogen) atoms. The first-order valence-electron chi connectivity index (χ1n) is 10.2. The lowest BCUT2D eigenvalue weighted by Gasteiger charge is -2.21. The first kappa shape index (κ1) is 19.2. The summed E-state index contributed by atoms with van der Waals surface area (Å²) in [6.45, 7) is 6.37. The number of amides is 1. The number of aryl methyl sites for hydroxylation is 1. The number of carbonyl (C=O) groups excluding carboxylic acids is 1. The number of carbonyl (C=O) groups is 1. The molecule has 1 aliphatic carbocycles. The Morgan fingerprint density at radius 3 is 2.71 bits per heavy atom. The monoisotopic (exact) mass is 394 g/mol. The molecular weight excluding hydrogens is 368 g/mol. The van der Waals surface area contributed by atoms with Gasteiger partial charge in [-0.2, -0.15) is 0 Å². The van der Waals surface area contributed by atoms with Crippen molar-refractivity contribution < 1.29 is 4.79 Å². The number of hydrogen-bond donors (Lipinski definition) is 1. The number of nitrogens with zero attached hydrogens (tertiary/aromatic N) is 1. The Balaban J connectivity index is 1.69. The van der Waals surface area contributed by atoms with Gasteiger partial charge < -0.3 is 5.32 Å². The lowest BCUT2D eigenvalue weighted by Crippen LogP contribution is -2.39. The molecule has 1 aliphatic heterocycles. The SMILES string of the molecule is CCC(=Nc1ccc(Cl)cc1C)C1CC(C)c2c(cccc2C2CC2)C(=O)N1. The van der Waals surface area contributed by atoms with Gasteiger partial charge in [0, 0.05) is 16.3 Å². The largest absolute Gasteiger partial charge is 0.344 e. The van der Waals surface area contributed by atoms with Crippen molar-refractivity contribution >= 4 is 28.9 Å². The van der Waals surface area contributed by atoms with Gasteiger partial charge in [0.2, 0.25) is 0 Å². The molecule has 2 atom stereocenters. The normalized spacial score (nSPS) is 22.4. The van der Waals surface area contributed by atoms with Crippen molar-refractivity contribution in [2.45, 2.75) is 64.3 Å². The second-order valence-corrected chi connectivity index (χ2v) is 8.57. The zero-order chi connectivity index (χ0) is 19.8. The molecule has 1 saturated carbocycles. The van der Waals surface area contributed by atoms with Crippen LogP contribution in [0.1, 0.15) is 78.4 Å².